The zero-order valence-corrected chi connectivity index (χ0v) is 37.0. The molecule has 6 nitrogen and oxygen atoms in total. The SMILES string of the molecule is O=C1C(c2ccc3c4c(cccc24)N(c2ccccc2)C2(CCCCC2)N3c2ccccc2)=C([O-])/C1=c1/ccc2c3c(cccc13)N(c1ccccc1)C1(CCCCC1)[N+]=2c1ccccc1. The van der Waals surface area contributed by atoms with Gasteiger partial charge in [-0.2, -0.15) is 4.58 Å². The van der Waals surface area contributed by atoms with Gasteiger partial charge in [0.15, 0.2) is 5.78 Å². The molecule has 0 saturated heterocycles. The molecular formula is C60H50N4O2. The van der Waals surface area contributed by atoms with Gasteiger partial charge < -0.3 is 14.9 Å². The summed E-state index contributed by atoms with van der Waals surface area (Å²) in [6.07, 6.45) is 10.9. The molecule has 2 saturated carbocycles. The molecule has 6 heteroatoms. The Bertz CT molecular complexity index is 3350. The molecule has 5 aliphatic rings. The van der Waals surface area contributed by atoms with Gasteiger partial charge in [-0.15, -0.1) is 0 Å². The Balaban J connectivity index is 1.05. The quantitative estimate of drug-likeness (QED) is 0.161. The van der Waals surface area contributed by atoms with Crippen molar-refractivity contribution in [1.29, 1.82) is 0 Å². The van der Waals surface area contributed by atoms with Crippen LogP contribution < -0.4 is 35.0 Å². The fraction of sp³-hybridized carbons (Fsp3) is 0.200. The number of para-hydroxylation sites is 4. The maximum absolute atomic E-state index is 15.1. The number of carbonyl (C=O) groups excluding carboxylic acids is 1. The molecule has 8 aromatic carbocycles. The second kappa shape index (κ2) is 15.1. The lowest BCUT2D eigenvalue weighted by molar-refractivity contribution is -0.292. The normalized spacial score (nSPS) is 19.2. The van der Waals surface area contributed by atoms with E-state index in [0.29, 0.717) is 10.8 Å². The topological polar surface area (TPSA) is 52.9 Å². The average molecular weight is 859 g/mol. The summed E-state index contributed by atoms with van der Waals surface area (Å²) in [5.41, 5.74) is 8.43. The van der Waals surface area contributed by atoms with E-state index in [1.54, 1.807) is 0 Å². The van der Waals surface area contributed by atoms with Crippen LogP contribution in [0.5, 0.6) is 0 Å². The second-order valence-electron chi connectivity index (χ2n) is 18.8. The predicted molar refractivity (Wildman–Crippen MR) is 267 cm³/mol. The molecule has 0 bridgehead atoms. The molecule has 2 fully saturated rings. The Morgan fingerprint density at radius 2 is 0.955 bits per heavy atom. The van der Waals surface area contributed by atoms with Crippen molar-refractivity contribution in [3.63, 3.8) is 0 Å². The highest BCUT2D eigenvalue weighted by Crippen LogP contribution is 2.57. The largest absolute Gasteiger partial charge is 0.871 e. The summed E-state index contributed by atoms with van der Waals surface area (Å²) >= 11 is 0. The zero-order chi connectivity index (χ0) is 44.0. The van der Waals surface area contributed by atoms with Gasteiger partial charge in [-0.3, -0.25) is 9.69 Å². The third kappa shape index (κ3) is 5.48. The van der Waals surface area contributed by atoms with Crippen molar-refractivity contribution in [1.82, 2.24) is 4.58 Å². The molecule has 0 aromatic heterocycles. The van der Waals surface area contributed by atoms with Crippen LogP contribution in [-0.4, -0.2) is 17.1 Å². The summed E-state index contributed by atoms with van der Waals surface area (Å²) < 4.78 is 2.56. The Kier molecular flexibility index (Phi) is 8.89. The van der Waals surface area contributed by atoms with Crippen molar-refractivity contribution in [2.45, 2.75) is 75.5 Å². The molecule has 2 aliphatic heterocycles. The number of hydrogen-bond donors (Lipinski definition) is 0. The van der Waals surface area contributed by atoms with Crippen LogP contribution in [0.4, 0.5) is 39.8 Å². The summed E-state index contributed by atoms with van der Waals surface area (Å²) in [5, 5.41) is 20.8. The molecule has 0 amide bonds. The van der Waals surface area contributed by atoms with Crippen LogP contribution in [0.2, 0.25) is 0 Å². The third-order valence-corrected chi connectivity index (χ3v) is 15.4. The molecule has 0 N–H and O–H groups in total. The summed E-state index contributed by atoms with van der Waals surface area (Å²) in [6, 6.07) is 64.4. The molecule has 0 atom stereocenters. The van der Waals surface area contributed by atoms with Gasteiger partial charge >= 0.3 is 0 Å². The van der Waals surface area contributed by atoms with Crippen LogP contribution in [0.15, 0.2) is 188 Å². The van der Waals surface area contributed by atoms with Crippen molar-refractivity contribution in [3.8, 4) is 0 Å². The van der Waals surface area contributed by atoms with Gasteiger partial charge in [-0.25, -0.2) is 0 Å². The van der Waals surface area contributed by atoms with Crippen LogP contribution in [0.3, 0.4) is 0 Å². The number of hydrogen-bond acceptors (Lipinski definition) is 5. The lowest BCUT2D eigenvalue weighted by Gasteiger charge is -2.58. The summed E-state index contributed by atoms with van der Waals surface area (Å²) in [6.45, 7) is 0. The van der Waals surface area contributed by atoms with E-state index in [-0.39, 0.29) is 34.0 Å². The molecule has 3 aliphatic carbocycles. The first-order valence-corrected chi connectivity index (χ1v) is 24.0. The van der Waals surface area contributed by atoms with E-state index < -0.39 is 0 Å². The number of carbonyl (C=O) groups is 1. The molecule has 0 unspecified atom stereocenters. The molecule has 8 aromatic rings. The van der Waals surface area contributed by atoms with Gasteiger partial charge in [0.25, 0.3) is 0 Å². The highest BCUT2D eigenvalue weighted by atomic mass is 16.3. The lowest BCUT2D eigenvalue weighted by Crippen LogP contribution is -2.62. The fourth-order valence-electron chi connectivity index (χ4n) is 12.9. The molecular weight excluding hydrogens is 809 g/mol. The smallest absolute Gasteiger partial charge is 0.248 e. The van der Waals surface area contributed by atoms with Gasteiger partial charge in [0.2, 0.25) is 16.7 Å². The third-order valence-electron chi connectivity index (χ3n) is 15.4. The van der Waals surface area contributed by atoms with Gasteiger partial charge in [0.05, 0.1) is 22.4 Å². The first-order chi connectivity index (χ1) is 32.6. The summed E-state index contributed by atoms with van der Waals surface area (Å²) in [5.74, 6) is -0.389. The number of rotatable bonds is 5. The molecule has 13 rings (SSSR count). The number of Topliss-reactive ketones (excluding diaryl/α,β-unsaturated/α-hetero) is 1. The minimum absolute atomic E-state index is 0.194. The maximum Gasteiger partial charge on any atom is 0.248 e. The van der Waals surface area contributed by atoms with E-state index in [9.17, 15) is 0 Å². The first-order valence-electron chi connectivity index (χ1n) is 24.0. The first kappa shape index (κ1) is 39.0. The van der Waals surface area contributed by atoms with Gasteiger partial charge in [0.1, 0.15) is 5.66 Å². The highest BCUT2D eigenvalue weighted by Gasteiger charge is 2.53. The van der Waals surface area contributed by atoms with Crippen LogP contribution in [0, 0.1) is 0 Å². The van der Waals surface area contributed by atoms with E-state index in [1.165, 1.54) is 12.8 Å². The van der Waals surface area contributed by atoms with Crippen molar-refractivity contribution in [3.05, 3.63) is 204 Å². The molecule has 66 heavy (non-hydrogen) atoms. The molecule has 2 heterocycles. The number of allylic oxidation sites excluding steroid dienone is 2. The number of ketones is 1. The van der Waals surface area contributed by atoms with Crippen molar-refractivity contribution in [2.24, 2.45) is 0 Å². The monoisotopic (exact) mass is 858 g/mol. The number of anilines is 6. The van der Waals surface area contributed by atoms with Crippen molar-refractivity contribution in [2.75, 3.05) is 14.7 Å². The minimum Gasteiger partial charge on any atom is -0.871 e. The van der Waals surface area contributed by atoms with Crippen LogP contribution in [-0.2, 0) is 4.79 Å². The van der Waals surface area contributed by atoms with E-state index in [2.05, 4.69) is 189 Å². The molecule has 322 valence electrons. The Morgan fingerprint density at radius 1 is 0.439 bits per heavy atom. The van der Waals surface area contributed by atoms with E-state index >= 15 is 9.90 Å². The van der Waals surface area contributed by atoms with Crippen LogP contribution in [0.1, 0.15) is 69.8 Å². The summed E-state index contributed by atoms with van der Waals surface area (Å²) in [7, 11) is 0. The van der Waals surface area contributed by atoms with E-state index in [0.717, 1.165) is 118 Å². The second-order valence-corrected chi connectivity index (χ2v) is 18.8. The molecule has 0 radical (unpaired) electrons. The summed E-state index contributed by atoms with van der Waals surface area (Å²) in [4.78, 5) is 22.8. The Labute approximate surface area is 385 Å². The lowest BCUT2D eigenvalue weighted by atomic mass is 9.78. The standard InChI is InChI=1S/C60H50N4O2/c65-57-55(47-33-35-51-53-45(47)29-19-31-49(53)61(41-21-7-1-8-22-41)59(37-15-5-16-38-59)63(51)43-25-11-3-12-26-43)58(66)56(57)48-34-36-52-54-46(48)30-20-32-50(54)62(42-23-9-2-10-24-42)60(39-17-6-18-40-60)64(52)44-27-13-4-14-28-44/h1-4,7-14,19-36H,5-6,15-18,37-40H2. The zero-order valence-electron chi connectivity index (χ0n) is 37.0. The minimum atomic E-state index is -0.336. The van der Waals surface area contributed by atoms with Crippen molar-refractivity contribution >= 4 is 78.3 Å². The predicted octanol–water partition coefficient (Wildman–Crippen LogP) is 12.1. The van der Waals surface area contributed by atoms with Gasteiger partial charge in [-0.05, 0) is 121 Å². The highest BCUT2D eigenvalue weighted by molar-refractivity contribution is 6.52. The van der Waals surface area contributed by atoms with Crippen LogP contribution in [0.25, 0.3) is 32.7 Å². The number of benzene rings is 8. The van der Waals surface area contributed by atoms with Crippen molar-refractivity contribution < 1.29 is 9.90 Å². The maximum atomic E-state index is 15.1. The van der Waals surface area contributed by atoms with E-state index in [4.69, 9.17) is 0 Å². The van der Waals surface area contributed by atoms with Gasteiger partial charge in [-0.1, -0.05) is 122 Å². The Hall–Kier alpha value is -7.44. The fourth-order valence-corrected chi connectivity index (χ4v) is 12.9. The Morgan fingerprint density at radius 3 is 1.55 bits per heavy atom. The van der Waals surface area contributed by atoms with E-state index in [1.807, 2.05) is 12.1 Å². The average Bonchev–Trinajstić information content (AvgIpc) is 3.37. The van der Waals surface area contributed by atoms with Gasteiger partial charge in [0, 0.05) is 64.6 Å². The molecule has 2 spiro atoms. The number of nitrogens with zero attached hydrogens (tertiary/aromatic N) is 4. The van der Waals surface area contributed by atoms with Crippen LogP contribution >= 0.6 is 0 Å².